The number of hydrogen-bond donors (Lipinski definition) is 1. The molecule has 0 spiro atoms. The van der Waals surface area contributed by atoms with Crippen LogP contribution in [0.1, 0.15) is 18.1 Å². The third-order valence-electron chi connectivity index (χ3n) is 3.64. The van der Waals surface area contributed by atoms with Gasteiger partial charge in [0.15, 0.2) is 11.5 Å². The first-order valence-electron chi connectivity index (χ1n) is 7.82. The molecular weight excluding hydrogens is 336 g/mol. The Morgan fingerprint density at radius 3 is 2.46 bits per heavy atom. The van der Waals surface area contributed by atoms with Gasteiger partial charge in [0.1, 0.15) is 0 Å². The first-order chi connectivity index (χ1) is 12.3. The van der Waals surface area contributed by atoms with Crippen molar-refractivity contribution in [1.29, 1.82) is 0 Å². The van der Waals surface area contributed by atoms with Crippen LogP contribution < -0.4 is 5.32 Å². The van der Waals surface area contributed by atoms with Gasteiger partial charge >= 0.3 is 0 Å². The molecule has 8 heteroatoms. The Labute approximate surface area is 150 Å². The van der Waals surface area contributed by atoms with Crippen molar-refractivity contribution in [3.63, 3.8) is 0 Å². The number of ketones is 1. The molecule has 0 aliphatic carbocycles. The Morgan fingerprint density at radius 1 is 1.15 bits per heavy atom. The number of nitrogens with zero attached hydrogens (tertiary/aromatic N) is 3. The molecule has 2 rings (SSSR count). The molecule has 1 atom stereocenters. The van der Waals surface area contributed by atoms with Crippen molar-refractivity contribution in [1.82, 2.24) is 0 Å². The topological polar surface area (TPSA) is 114 Å². The zero-order chi connectivity index (χ0) is 19.3. The maximum atomic E-state index is 12.4. The number of rotatable bonds is 6. The van der Waals surface area contributed by atoms with Crippen molar-refractivity contribution in [3.8, 4) is 0 Å². The van der Waals surface area contributed by atoms with Crippen LogP contribution >= 0.6 is 0 Å². The number of carbonyl (C=O) groups excluding carboxylic acids is 2. The molecule has 0 aromatic heterocycles. The Balaban J connectivity index is 2.27. The lowest BCUT2D eigenvalue weighted by Crippen LogP contribution is -2.32. The maximum Gasteiger partial charge on any atom is 0.296 e. The molecule has 1 N–H and O–H groups in total. The summed E-state index contributed by atoms with van der Waals surface area (Å²) in [5.41, 5.74) is 1.82. The minimum absolute atomic E-state index is 0.0180. The molecule has 0 fully saturated rings. The normalized spacial score (nSPS) is 12.0. The molecule has 0 unspecified atom stereocenters. The van der Waals surface area contributed by atoms with E-state index in [1.54, 1.807) is 25.1 Å². The van der Waals surface area contributed by atoms with Crippen LogP contribution in [0.5, 0.6) is 0 Å². The maximum absolute atomic E-state index is 12.4. The van der Waals surface area contributed by atoms with Crippen molar-refractivity contribution < 1.29 is 14.5 Å². The number of Topliss-reactive ketones (excluding diaryl/α,β-unsaturated/α-hetero) is 1. The number of nitro benzene ring substituents is 1. The van der Waals surface area contributed by atoms with Gasteiger partial charge < -0.3 is 5.32 Å². The zero-order valence-corrected chi connectivity index (χ0v) is 14.6. The van der Waals surface area contributed by atoms with E-state index in [4.69, 9.17) is 0 Å². The fraction of sp³-hybridized carbons (Fsp3) is 0.222. The van der Waals surface area contributed by atoms with Gasteiger partial charge in [-0.25, -0.2) is 0 Å². The molecule has 0 aliphatic heterocycles. The number of hydrogen-bond acceptors (Lipinski definition) is 6. The predicted molar refractivity (Wildman–Crippen MR) is 96.6 cm³/mol. The highest BCUT2D eigenvalue weighted by Crippen LogP contribution is 2.28. The number of azo groups is 1. The first-order valence-corrected chi connectivity index (χ1v) is 7.82. The molecule has 0 bridgehead atoms. The van der Waals surface area contributed by atoms with Crippen LogP contribution in [0.3, 0.4) is 0 Å². The third-order valence-corrected chi connectivity index (χ3v) is 3.64. The number of para-hydroxylation sites is 1. The fourth-order valence-electron chi connectivity index (χ4n) is 2.22. The second-order valence-corrected chi connectivity index (χ2v) is 5.78. The quantitative estimate of drug-likeness (QED) is 0.367. The lowest BCUT2D eigenvalue weighted by molar-refractivity contribution is -0.384. The summed E-state index contributed by atoms with van der Waals surface area (Å²) in [6.45, 7) is 4.74. The Bertz CT molecular complexity index is 893. The number of carbonyl (C=O) groups is 2. The predicted octanol–water partition coefficient (Wildman–Crippen LogP) is 3.89. The van der Waals surface area contributed by atoms with E-state index in [2.05, 4.69) is 15.5 Å². The minimum atomic E-state index is -1.39. The minimum Gasteiger partial charge on any atom is -0.324 e. The number of benzene rings is 2. The molecule has 2 aromatic rings. The Hall–Kier alpha value is -3.42. The van der Waals surface area contributed by atoms with Crippen LogP contribution in [0.4, 0.5) is 17.1 Å². The first kappa shape index (κ1) is 18.9. The summed E-state index contributed by atoms with van der Waals surface area (Å²) in [6, 6.07) is 10.1. The van der Waals surface area contributed by atoms with E-state index >= 15 is 0 Å². The molecule has 134 valence electrons. The number of aryl methyl sites for hydroxylation is 2. The van der Waals surface area contributed by atoms with Gasteiger partial charge in [-0.15, -0.1) is 5.11 Å². The number of nitro groups is 1. The summed E-state index contributed by atoms with van der Waals surface area (Å²) in [5.74, 6) is -1.17. The van der Waals surface area contributed by atoms with E-state index in [-0.39, 0.29) is 11.4 Å². The van der Waals surface area contributed by atoms with Crippen molar-refractivity contribution in [3.05, 3.63) is 63.7 Å². The van der Waals surface area contributed by atoms with Crippen molar-refractivity contribution >= 4 is 28.8 Å². The second kappa shape index (κ2) is 8.11. The van der Waals surface area contributed by atoms with E-state index in [0.717, 1.165) is 5.56 Å². The fourth-order valence-corrected chi connectivity index (χ4v) is 2.22. The SMILES string of the molecule is CC(=O)[C@@H](N=Nc1ccc(C)cc1[N+](=O)[O-])C(=O)Nc1ccccc1C. The summed E-state index contributed by atoms with van der Waals surface area (Å²) in [5, 5.41) is 21.3. The molecule has 2 aromatic carbocycles. The van der Waals surface area contributed by atoms with Gasteiger partial charge in [0.25, 0.3) is 11.6 Å². The summed E-state index contributed by atoms with van der Waals surface area (Å²) >= 11 is 0. The lowest BCUT2D eigenvalue weighted by atomic mass is 10.1. The molecule has 26 heavy (non-hydrogen) atoms. The van der Waals surface area contributed by atoms with E-state index < -0.39 is 22.7 Å². The van der Waals surface area contributed by atoms with E-state index in [1.165, 1.54) is 19.1 Å². The van der Waals surface area contributed by atoms with Crippen LogP contribution in [0.2, 0.25) is 0 Å². The Kier molecular flexibility index (Phi) is 5.90. The number of nitrogens with one attached hydrogen (secondary N) is 1. The van der Waals surface area contributed by atoms with Gasteiger partial charge in [0, 0.05) is 11.8 Å². The number of amides is 1. The monoisotopic (exact) mass is 354 g/mol. The highest BCUT2D eigenvalue weighted by Gasteiger charge is 2.24. The van der Waals surface area contributed by atoms with E-state index in [1.807, 2.05) is 19.1 Å². The van der Waals surface area contributed by atoms with Gasteiger partial charge in [-0.1, -0.05) is 24.3 Å². The average Bonchev–Trinajstić information content (AvgIpc) is 2.57. The highest BCUT2D eigenvalue weighted by molar-refractivity contribution is 6.10. The summed E-state index contributed by atoms with van der Waals surface area (Å²) < 4.78 is 0. The second-order valence-electron chi connectivity index (χ2n) is 5.78. The molecule has 0 aliphatic rings. The Morgan fingerprint density at radius 2 is 1.85 bits per heavy atom. The summed E-state index contributed by atoms with van der Waals surface area (Å²) in [6.07, 6.45) is 0. The lowest BCUT2D eigenvalue weighted by Gasteiger charge is -2.11. The molecule has 0 radical (unpaired) electrons. The highest BCUT2D eigenvalue weighted by atomic mass is 16.6. The third kappa shape index (κ3) is 4.56. The van der Waals surface area contributed by atoms with Gasteiger partial charge in [0.2, 0.25) is 6.04 Å². The molecule has 1 amide bonds. The van der Waals surface area contributed by atoms with Crippen molar-refractivity contribution in [2.75, 3.05) is 5.32 Å². The molecule has 0 saturated heterocycles. The van der Waals surface area contributed by atoms with E-state index in [0.29, 0.717) is 11.3 Å². The van der Waals surface area contributed by atoms with Gasteiger partial charge in [-0.3, -0.25) is 19.7 Å². The van der Waals surface area contributed by atoms with Crippen LogP contribution in [0.25, 0.3) is 0 Å². The standard InChI is InChI=1S/C18H18N4O4/c1-11-8-9-15(16(10-11)22(25)26)20-21-17(13(3)23)18(24)19-14-7-5-4-6-12(14)2/h4-10,17H,1-3H3,(H,19,24)/t17-/m1/s1. The molecule has 0 saturated carbocycles. The summed E-state index contributed by atoms with van der Waals surface area (Å²) in [4.78, 5) is 34.7. The smallest absolute Gasteiger partial charge is 0.296 e. The van der Waals surface area contributed by atoms with Gasteiger partial charge in [-0.2, -0.15) is 5.11 Å². The average molecular weight is 354 g/mol. The zero-order valence-electron chi connectivity index (χ0n) is 14.6. The molecule has 0 heterocycles. The molecular formula is C18H18N4O4. The van der Waals surface area contributed by atoms with Gasteiger partial charge in [-0.05, 0) is 44.0 Å². The van der Waals surface area contributed by atoms with Crippen LogP contribution in [0, 0.1) is 24.0 Å². The largest absolute Gasteiger partial charge is 0.324 e. The number of anilines is 1. The van der Waals surface area contributed by atoms with Crippen LogP contribution in [-0.4, -0.2) is 22.7 Å². The van der Waals surface area contributed by atoms with E-state index in [9.17, 15) is 19.7 Å². The molecule has 8 nitrogen and oxygen atoms in total. The van der Waals surface area contributed by atoms with Crippen LogP contribution in [-0.2, 0) is 9.59 Å². The van der Waals surface area contributed by atoms with Crippen molar-refractivity contribution in [2.24, 2.45) is 10.2 Å². The summed E-state index contributed by atoms with van der Waals surface area (Å²) in [7, 11) is 0. The van der Waals surface area contributed by atoms with Crippen LogP contribution in [0.15, 0.2) is 52.7 Å². The van der Waals surface area contributed by atoms with Crippen molar-refractivity contribution in [2.45, 2.75) is 26.8 Å². The van der Waals surface area contributed by atoms with Gasteiger partial charge in [0.05, 0.1) is 4.92 Å².